The lowest BCUT2D eigenvalue weighted by Crippen LogP contribution is -3.02. The molecule has 1 nitrogen and oxygen atoms in total. The van der Waals surface area contributed by atoms with E-state index in [1.54, 1.807) is 20.7 Å². The second-order valence-corrected chi connectivity index (χ2v) is 23.6. The first kappa shape index (κ1) is 29.3. The van der Waals surface area contributed by atoms with Crippen LogP contribution in [-0.4, -0.2) is 15.3 Å². The normalized spacial score (nSPS) is 15.5. The van der Waals surface area contributed by atoms with Crippen molar-refractivity contribution in [2.24, 2.45) is 0 Å². The van der Waals surface area contributed by atoms with Crippen molar-refractivity contribution >= 4 is 36.1 Å². The smallest absolute Gasteiger partial charge is 0.222 e. The Labute approximate surface area is 250 Å². The molecule has 0 unspecified atom stereocenters. The molecule has 4 aromatic carbocycles. The summed E-state index contributed by atoms with van der Waals surface area (Å²) in [4.78, 5) is 4.32. The monoisotopic (exact) mass is 573 g/mol. The van der Waals surface area contributed by atoms with Crippen molar-refractivity contribution in [3.63, 3.8) is 0 Å². The molecule has 0 saturated carbocycles. The van der Waals surface area contributed by atoms with E-state index in [4.69, 9.17) is 6.58 Å². The van der Waals surface area contributed by atoms with Crippen molar-refractivity contribution in [2.75, 3.05) is 0 Å². The minimum Gasteiger partial charge on any atom is -0.412 e. The van der Waals surface area contributed by atoms with E-state index < -0.39 is 15.3 Å². The van der Waals surface area contributed by atoms with Gasteiger partial charge in [0.05, 0.1) is 0 Å². The van der Waals surface area contributed by atoms with Gasteiger partial charge in [-0.3, -0.25) is 0 Å². The summed E-state index contributed by atoms with van der Waals surface area (Å²) in [5, 5.41) is 7.56. The lowest BCUT2D eigenvalue weighted by atomic mass is 10.1. The zero-order valence-electron chi connectivity index (χ0n) is 27.3. The van der Waals surface area contributed by atoms with Crippen LogP contribution in [0.1, 0.15) is 66.8 Å². The zero-order chi connectivity index (χ0) is 30.2. The molecular formula is C38H47NSi2. The highest BCUT2D eigenvalue weighted by Crippen LogP contribution is 2.39. The van der Waals surface area contributed by atoms with Crippen molar-refractivity contribution in [1.29, 1.82) is 0 Å². The molecule has 1 heterocycles. The van der Waals surface area contributed by atoms with Gasteiger partial charge in [0.1, 0.15) is 0 Å². The minimum absolute atomic E-state index is 1.27. The summed E-state index contributed by atoms with van der Waals surface area (Å²) in [5.41, 5.74) is 16.6. The molecule has 3 heteroatoms. The molecule has 0 amide bonds. The van der Waals surface area contributed by atoms with Gasteiger partial charge in [-0.15, -0.1) is 0 Å². The van der Waals surface area contributed by atoms with Gasteiger partial charge in [0.15, 0.2) is 7.59 Å². The number of aryl methyl sites for hydroxylation is 12. The fraction of sp³-hybridized carbons (Fsp3) is 0.316. The Kier molecular flexibility index (Phi) is 7.15. The van der Waals surface area contributed by atoms with Gasteiger partial charge in [0, 0.05) is 0 Å². The van der Waals surface area contributed by atoms with Crippen LogP contribution in [0, 0.1) is 83.1 Å². The third kappa shape index (κ3) is 4.07. The third-order valence-corrected chi connectivity index (χ3v) is 26.5. The summed E-state index contributed by atoms with van der Waals surface area (Å²) in [6.07, 6.45) is 0. The Bertz CT molecular complexity index is 1550. The molecule has 41 heavy (non-hydrogen) atoms. The molecule has 5 rings (SSSR count). The van der Waals surface area contributed by atoms with Gasteiger partial charge < -0.3 is 4.98 Å². The second-order valence-electron chi connectivity index (χ2n) is 13.2. The summed E-state index contributed by atoms with van der Waals surface area (Å²) in [7, 11) is -5.43. The first-order chi connectivity index (χ1) is 19.2. The van der Waals surface area contributed by atoms with E-state index in [9.17, 15) is 0 Å². The highest BCUT2D eigenvalue weighted by molar-refractivity contribution is 7.65. The predicted molar refractivity (Wildman–Crippen MR) is 185 cm³/mol. The molecule has 0 aliphatic carbocycles. The van der Waals surface area contributed by atoms with Crippen molar-refractivity contribution in [1.82, 2.24) is 4.98 Å². The molecule has 212 valence electrons. The molecule has 1 aliphatic heterocycles. The maximum atomic E-state index is 4.96. The maximum absolute atomic E-state index is 4.96. The molecule has 1 saturated heterocycles. The molecule has 1 fully saturated rings. The van der Waals surface area contributed by atoms with E-state index >= 15 is 0 Å². The lowest BCUT2D eigenvalue weighted by Gasteiger charge is -2.62. The largest absolute Gasteiger partial charge is 0.412 e. The van der Waals surface area contributed by atoms with E-state index in [-0.39, 0.29) is 0 Å². The van der Waals surface area contributed by atoms with E-state index in [0.29, 0.717) is 0 Å². The Morgan fingerprint density at radius 3 is 0.829 bits per heavy atom. The molecule has 0 radical (unpaired) electrons. The number of hydrogen-bond donors (Lipinski definition) is 1. The summed E-state index contributed by atoms with van der Waals surface area (Å²) in [6, 6.07) is 19.4. The second kappa shape index (κ2) is 9.99. The maximum Gasteiger partial charge on any atom is 0.222 e. The summed E-state index contributed by atoms with van der Waals surface area (Å²) in [6.45, 7) is 32.8. The molecule has 1 N–H and O–H groups in total. The fourth-order valence-electron chi connectivity index (χ4n) is 9.09. The minimum atomic E-state index is -2.71. The van der Waals surface area contributed by atoms with Gasteiger partial charge in [-0.1, -0.05) is 99.6 Å². The van der Waals surface area contributed by atoms with Gasteiger partial charge >= 0.3 is 0 Å². The standard InChI is InChI=1S/C38H47NSi2/c1-22-14-26(5)35(27(6)15-22)40(36-28(7)16-23(2)17-29(36)8)34(13)39-41(40,37-30(9)18-24(3)19-31(37)10)38-32(11)20-25(4)21-33(38)12/h14-21,39H,13H2,1-12H3. The third-order valence-electron chi connectivity index (χ3n) is 9.56. The first-order valence-corrected chi connectivity index (χ1v) is 20.0. The van der Waals surface area contributed by atoms with Crippen LogP contribution in [0.4, 0.5) is 0 Å². The van der Waals surface area contributed by atoms with Crippen molar-refractivity contribution < 1.29 is 0 Å². The summed E-state index contributed by atoms with van der Waals surface area (Å²) < 4.78 is 0. The van der Waals surface area contributed by atoms with Crippen LogP contribution in [-0.2, 0) is 0 Å². The Hall–Kier alpha value is -3.15. The van der Waals surface area contributed by atoms with Crippen molar-refractivity contribution in [2.45, 2.75) is 83.1 Å². The van der Waals surface area contributed by atoms with Crippen LogP contribution < -0.4 is 25.7 Å². The molecule has 0 spiro atoms. The molecule has 1 aliphatic rings. The van der Waals surface area contributed by atoms with Crippen molar-refractivity contribution in [3.8, 4) is 0 Å². The Morgan fingerprint density at radius 2 is 0.610 bits per heavy atom. The zero-order valence-corrected chi connectivity index (χ0v) is 29.3. The van der Waals surface area contributed by atoms with Crippen LogP contribution in [0.15, 0.2) is 60.4 Å². The van der Waals surface area contributed by atoms with E-state index in [0.717, 1.165) is 0 Å². The van der Waals surface area contributed by atoms with E-state index in [1.807, 2.05) is 0 Å². The highest BCUT2D eigenvalue weighted by atomic mass is 29.3. The Balaban J connectivity index is 2.14. The summed E-state index contributed by atoms with van der Waals surface area (Å²) in [5.74, 6) is 0. The number of nitrogens with one attached hydrogen (secondary N) is 1. The fourth-order valence-corrected chi connectivity index (χ4v) is 30.6. The van der Waals surface area contributed by atoms with Gasteiger partial charge in [-0.05, 0) is 131 Å². The quantitative estimate of drug-likeness (QED) is 0.277. The molecule has 0 bridgehead atoms. The predicted octanol–water partition coefficient (Wildman–Crippen LogP) is 6.45. The Morgan fingerprint density at radius 1 is 0.390 bits per heavy atom. The first-order valence-electron chi connectivity index (χ1n) is 15.0. The average molecular weight is 574 g/mol. The van der Waals surface area contributed by atoms with Gasteiger partial charge in [-0.25, -0.2) is 0 Å². The average Bonchev–Trinajstić information content (AvgIpc) is 2.80. The molecule has 0 atom stereocenters. The van der Waals surface area contributed by atoms with E-state index in [1.165, 1.54) is 72.1 Å². The summed E-state index contributed by atoms with van der Waals surface area (Å²) >= 11 is 0. The van der Waals surface area contributed by atoms with Crippen molar-refractivity contribution in [3.05, 3.63) is 127 Å². The van der Waals surface area contributed by atoms with Gasteiger partial charge in [-0.2, -0.15) is 0 Å². The van der Waals surface area contributed by atoms with E-state index in [2.05, 4.69) is 137 Å². The lowest BCUT2D eigenvalue weighted by molar-refractivity contribution is 1.17. The molecule has 0 aromatic heterocycles. The number of benzene rings is 4. The number of rotatable bonds is 4. The SMILES string of the molecule is C=C1N[Si](c2c(C)cc(C)cc2C)(c2c(C)cc(C)cc2C)[Si]1(c1c(C)cc(C)cc1C)c1c(C)cc(C)cc1C. The molecular weight excluding hydrogens is 527 g/mol. The van der Waals surface area contributed by atoms with Crippen LogP contribution in [0.25, 0.3) is 0 Å². The number of hydrogen-bond acceptors (Lipinski definition) is 1. The van der Waals surface area contributed by atoms with Crippen LogP contribution >= 0.6 is 0 Å². The highest BCUT2D eigenvalue weighted by Gasteiger charge is 2.72. The van der Waals surface area contributed by atoms with Crippen LogP contribution in [0.5, 0.6) is 0 Å². The molecule has 4 aromatic rings. The van der Waals surface area contributed by atoms with Gasteiger partial charge in [0.2, 0.25) is 7.75 Å². The van der Waals surface area contributed by atoms with Crippen LogP contribution in [0.2, 0.25) is 0 Å². The topological polar surface area (TPSA) is 12.0 Å². The van der Waals surface area contributed by atoms with Crippen LogP contribution in [0.3, 0.4) is 0 Å². The van der Waals surface area contributed by atoms with Gasteiger partial charge in [0.25, 0.3) is 0 Å².